The lowest BCUT2D eigenvalue weighted by Crippen LogP contribution is -2.50. The molecule has 6 nitrogen and oxygen atoms in total. The first-order valence-corrected chi connectivity index (χ1v) is 10.0. The Morgan fingerprint density at radius 3 is 2.77 bits per heavy atom. The van der Waals surface area contributed by atoms with Gasteiger partial charge in [0.1, 0.15) is 5.15 Å². The molecule has 0 spiro atoms. The molecule has 1 aromatic heterocycles. The van der Waals surface area contributed by atoms with Gasteiger partial charge in [-0.1, -0.05) is 37.0 Å². The number of hydrogen-bond donors (Lipinski definition) is 2. The van der Waals surface area contributed by atoms with E-state index in [9.17, 15) is 0 Å². The fraction of sp³-hybridized carbons (Fsp3) is 0.722. The summed E-state index contributed by atoms with van der Waals surface area (Å²) in [6, 6.07) is 1.85. The maximum absolute atomic E-state index is 6.12. The first kappa shape index (κ1) is 21.4. The van der Waals surface area contributed by atoms with E-state index in [4.69, 9.17) is 27.9 Å². The Kier molecular flexibility index (Phi) is 8.54. The second kappa shape index (κ2) is 10.4. The van der Waals surface area contributed by atoms with E-state index >= 15 is 0 Å². The van der Waals surface area contributed by atoms with E-state index in [0.717, 1.165) is 51.0 Å². The number of rotatable bonds is 7. The van der Waals surface area contributed by atoms with Crippen LogP contribution in [0.2, 0.25) is 10.2 Å². The molecule has 2 N–H and O–H groups in total. The Hall–Kier alpha value is -0.950. The van der Waals surface area contributed by atoms with Crippen molar-refractivity contribution in [3.05, 3.63) is 21.9 Å². The summed E-state index contributed by atoms with van der Waals surface area (Å²) < 4.78 is 7.75. The second-order valence-electron chi connectivity index (χ2n) is 7.06. The Morgan fingerprint density at radius 2 is 2.15 bits per heavy atom. The van der Waals surface area contributed by atoms with E-state index in [1.54, 1.807) is 0 Å². The van der Waals surface area contributed by atoms with Crippen LogP contribution in [0.3, 0.4) is 0 Å². The number of nitrogens with zero attached hydrogens (tertiary/aromatic N) is 3. The van der Waals surface area contributed by atoms with Crippen LogP contribution in [0.25, 0.3) is 0 Å². The SMILES string of the molecule is CCNC(=NCc1cc(Cl)c(Cl)n1C)NCC1CN(CC(C)C)CCO1. The maximum Gasteiger partial charge on any atom is 0.191 e. The molecule has 1 fully saturated rings. The third-order valence-electron chi connectivity index (χ3n) is 4.30. The average molecular weight is 404 g/mol. The molecule has 8 heteroatoms. The Labute approximate surface area is 166 Å². The van der Waals surface area contributed by atoms with Gasteiger partial charge in [0.25, 0.3) is 0 Å². The standard InChI is InChI=1S/C18H31Cl2N5O/c1-5-21-18(22-9-14-8-16(19)17(20)24(14)4)23-10-15-12-25(6-7-26-15)11-13(2)3/h8,13,15H,5-7,9-12H2,1-4H3,(H2,21,22,23). The number of aliphatic imine (C=N–C) groups is 1. The predicted molar refractivity (Wildman–Crippen MR) is 109 cm³/mol. The van der Waals surface area contributed by atoms with Crippen LogP contribution in [-0.4, -0.2) is 60.9 Å². The van der Waals surface area contributed by atoms with Crippen LogP contribution in [0.4, 0.5) is 0 Å². The number of guanidine groups is 1. The summed E-state index contributed by atoms with van der Waals surface area (Å²) in [5.41, 5.74) is 0.967. The van der Waals surface area contributed by atoms with Crippen LogP contribution >= 0.6 is 23.2 Å². The van der Waals surface area contributed by atoms with Crippen molar-refractivity contribution in [2.24, 2.45) is 18.0 Å². The van der Waals surface area contributed by atoms with E-state index in [2.05, 4.69) is 41.3 Å². The first-order chi connectivity index (χ1) is 12.4. The van der Waals surface area contributed by atoms with Gasteiger partial charge in [-0.3, -0.25) is 4.90 Å². The first-order valence-electron chi connectivity index (χ1n) is 9.26. The van der Waals surface area contributed by atoms with Crippen molar-refractivity contribution in [2.75, 3.05) is 39.3 Å². The van der Waals surface area contributed by atoms with Crippen molar-refractivity contribution < 1.29 is 4.74 Å². The van der Waals surface area contributed by atoms with Gasteiger partial charge in [-0.15, -0.1) is 0 Å². The van der Waals surface area contributed by atoms with Gasteiger partial charge >= 0.3 is 0 Å². The van der Waals surface area contributed by atoms with Gasteiger partial charge in [-0.2, -0.15) is 0 Å². The molecule has 26 heavy (non-hydrogen) atoms. The van der Waals surface area contributed by atoms with Gasteiger partial charge in [0.2, 0.25) is 0 Å². The fourth-order valence-electron chi connectivity index (χ4n) is 3.04. The van der Waals surface area contributed by atoms with E-state index in [-0.39, 0.29) is 6.10 Å². The zero-order valence-electron chi connectivity index (χ0n) is 16.2. The van der Waals surface area contributed by atoms with Gasteiger partial charge in [-0.05, 0) is 18.9 Å². The quantitative estimate of drug-likeness (QED) is 0.542. The van der Waals surface area contributed by atoms with E-state index < -0.39 is 0 Å². The highest BCUT2D eigenvalue weighted by molar-refractivity contribution is 6.41. The highest BCUT2D eigenvalue weighted by atomic mass is 35.5. The third-order valence-corrected chi connectivity index (χ3v) is 5.14. The number of ether oxygens (including phenoxy) is 1. The van der Waals surface area contributed by atoms with Crippen molar-refractivity contribution in [3.63, 3.8) is 0 Å². The molecule has 0 aliphatic carbocycles. The zero-order chi connectivity index (χ0) is 19.1. The molecule has 1 saturated heterocycles. The smallest absolute Gasteiger partial charge is 0.191 e. The van der Waals surface area contributed by atoms with Crippen molar-refractivity contribution in [3.8, 4) is 0 Å². The summed E-state index contributed by atoms with van der Waals surface area (Å²) >= 11 is 12.2. The lowest BCUT2D eigenvalue weighted by Gasteiger charge is -2.34. The maximum atomic E-state index is 6.12. The number of halogens is 2. The Balaban J connectivity index is 1.89. The largest absolute Gasteiger partial charge is 0.374 e. The lowest BCUT2D eigenvalue weighted by atomic mass is 10.2. The Morgan fingerprint density at radius 1 is 1.38 bits per heavy atom. The number of nitrogens with one attached hydrogen (secondary N) is 2. The minimum Gasteiger partial charge on any atom is -0.374 e. The predicted octanol–water partition coefficient (Wildman–Crippen LogP) is 2.74. The topological polar surface area (TPSA) is 53.8 Å². The van der Waals surface area contributed by atoms with E-state index in [0.29, 0.717) is 22.6 Å². The molecular formula is C18H31Cl2N5O. The van der Waals surface area contributed by atoms with Gasteiger partial charge < -0.3 is 19.9 Å². The van der Waals surface area contributed by atoms with Gasteiger partial charge in [0.15, 0.2) is 5.96 Å². The van der Waals surface area contributed by atoms with E-state index in [1.165, 1.54) is 0 Å². The van der Waals surface area contributed by atoms with Gasteiger partial charge in [0, 0.05) is 45.5 Å². The van der Waals surface area contributed by atoms with Crippen LogP contribution in [-0.2, 0) is 18.3 Å². The van der Waals surface area contributed by atoms with Crippen LogP contribution in [0, 0.1) is 5.92 Å². The molecular weight excluding hydrogens is 373 g/mol. The van der Waals surface area contributed by atoms with Crippen molar-refractivity contribution in [2.45, 2.75) is 33.4 Å². The summed E-state index contributed by atoms with van der Waals surface area (Å²) in [4.78, 5) is 7.11. The summed E-state index contributed by atoms with van der Waals surface area (Å²) in [5, 5.41) is 7.75. The summed E-state index contributed by atoms with van der Waals surface area (Å²) in [6.45, 7) is 12.4. The molecule has 1 aliphatic heterocycles. The minimum absolute atomic E-state index is 0.172. The number of hydrogen-bond acceptors (Lipinski definition) is 3. The summed E-state index contributed by atoms with van der Waals surface area (Å²) in [7, 11) is 1.89. The monoisotopic (exact) mass is 403 g/mol. The molecule has 1 aromatic rings. The van der Waals surface area contributed by atoms with Crippen molar-refractivity contribution in [1.29, 1.82) is 0 Å². The molecule has 1 unspecified atom stereocenters. The Bertz CT molecular complexity index is 603. The lowest BCUT2D eigenvalue weighted by molar-refractivity contribution is -0.0284. The van der Waals surface area contributed by atoms with Gasteiger partial charge in [-0.25, -0.2) is 4.99 Å². The number of morpholine rings is 1. The van der Waals surface area contributed by atoms with Gasteiger partial charge in [0.05, 0.1) is 24.3 Å². The molecule has 0 aromatic carbocycles. The molecule has 2 heterocycles. The van der Waals surface area contributed by atoms with Crippen LogP contribution in [0.1, 0.15) is 26.5 Å². The van der Waals surface area contributed by atoms with E-state index in [1.807, 2.05) is 17.7 Å². The third kappa shape index (κ3) is 6.34. The van der Waals surface area contributed by atoms with Crippen LogP contribution in [0.15, 0.2) is 11.1 Å². The second-order valence-corrected chi connectivity index (χ2v) is 7.82. The summed E-state index contributed by atoms with van der Waals surface area (Å²) in [6.07, 6.45) is 0.172. The highest BCUT2D eigenvalue weighted by Crippen LogP contribution is 2.25. The van der Waals surface area contributed by atoms with Crippen LogP contribution in [0.5, 0.6) is 0 Å². The fourth-order valence-corrected chi connectivity index (χ4v) is 3.45. The molecule has 0 radical (unpaired) electrons. The average Bonchev–Trinajstić information content (AvgIpc) is 2.84. The zero-order valence-corrected chi connectivity index (χ0v) is 17.7. The molecule has 2 rings (SSSR count). The molecule has 1 aliphatic rings. The van der Waals surface area contributed by atoms with Crippen molar-refractivity contribution in [1.82, 2.24) is 20.1 Å². The molecule has 0 amide bonds. The summed E-state index contributed by atoms with van der Waals surface area (Å²) in [5.74, 6) is 1.44. The molecule has 0 bridgehead atoms. The van der Waals surface area contributed by atoms with Crippen LogP contribution < -0.4 is 10.6 Å². The normalized spacial score (nSPS) is 19.2. The minimum atomic E-state index is 0.172. The molecule has 148 valence electrons. The number of aromatic nitrogens is 1. The highest BCUT2D eigenvalue weighted by Gasteiger charge is 2.21. The van der Waals surface area contributed by atoms with Crippen molar-refractivity contribution >= 4 is 29.2 Å². The molecule has 0 saturated carbocycles. The molecule has 1 atom stereocenters.